The first-order valence-corrected chi connectivity index (χ1v) is 12.0. The SMILES string of the molecule is O=C(Nc1nnc(SCc2cccc(C(F)(F)F)c2)s1)C1(c2cccs2)CCCC1. The molecular weight excluding hydrogens is 451 g/mol. The third kappa shape index (κ3) is 4.55. The summed E-state index contributed by atoms with van der Waals surface area (Å²) in [4.78, 5) is 14.1. The Morgan fingerprint density at radius 2 is 1.97 bits per heavy atom. The number of halogens is 3. The van der Waals surface area contributed by atoms with Crippen molar-refractivity contribution in [3.63, 3.8) is 0 Å². The van der Waals surface area contributed by atoms with Crippen LogP contribution in [-0.2, 0) is 22.1 Å². The summed E-state index contributed by atoms with van der Waals surface area (Å²) in [5.74, 6) is 0.277. The van der Waals surface area contributed by atoms with Gasteiger partial charge in [0, 0.05) is 10.6 Å². The number of nitrogens with one attached hydrogen (secondary N) is 1. The summed E-state index contributed by atoms with van der Waals surface area (Å²) < 4.78 is 39.1. The lowest BCUT2D eigenvalue weighted by atomic mass is 9.83. The van der Waals surface area contributed by atoms with Crippen LogP contribution in [0.4, 0.5) is 18.3 Å². The number of carbonyl (C=O) groups excluding carboxylic acids is 1. The van der Waals surface area contributed by atoms with Gasteiger partial charge in [-0.05, 0) is 35.9 Å². The van der Waals surface area contributed by atoms with Crippen LogP contribution < -0.4 is 5.32 Å². The molecule has 158 valence electrons. The van der Waals surface area contributed by atoms with E-state index in [4.69, 9.17) is 0 Å². The summed E-state index contributed by atoms with van der Waals surface area (Å²) in [6.45, 7) is 0. The molecule has 1 N–H and O–H groups in total. The van der Waals surface area contributed by atoms with Gasteiger partial charge in [0.05, 0.1) is 11.0 Å². The highest BCUT2D eigenvalue weighted by molar-refractivity contribution is 8.00. The van der Waals surface area contributed by atoms with Crippen molar-refractivity contribution in [1.82, 2.24) is 10.2 Å². The topological polar surface area (TPSA) is 54.9 Å². The average molecular weight is 470 g/mol. The quantitative estimate of drug-likeness (QED) is 0.337. The number of hydrogen-bond donors (Lipinski definition) is 1. The van der Waals surface area contributed by atoms with Crippen LogP contribution in [-0.4, -0.2) is 16.1 Å². The lowest BCUT2D eigenvalue weighted by Crippen LogP contribution is -2.37. The van der Waals surface area contributed by atoms with Crippen molar-refractivity contribution in [2.45, 2.75) is 47.4 Å². The molecule has 1 saturated carbocycles. The van der Waals surface area contributed by atoms with Crippen molar-refractivity contribution in [2.75, 3.05) is 5.32 Å². The van der Waals surface area contributed by atoms with Gasteiger partial charge >= 0.3 is 6.18 Å². The Kier molecular flexibility index (Phi) is 6.17. The van der Waals surface area contributed by atoms with E-state index in [-0.39, 0.29) is 5.91 Å². The van der Waals surface area contributed by atoms with Gasteiger partial charge in [-0.3, -0.25) is 10.1 Å². The Balaban J connectivity index is 1.40. The number of nitrogens with zero attached hydrogens (tertiary/aromatic N) is 2. The molecule has 0 atom stereocenters. The first-order valence-electron chi connectivity index (χ1n) is 9.35. The molecule has 1 aliphatic carbocycles. The molecule has 0 unspecified atom stereocenters. The van der Waals surface area contributed by atoms with Crippen molar-refractivity contribution >= 4 is 45.5 Å². The molecule has 0 spiro atoms. The van der Waals surface area contributed by atoms with E-state index in [2.05, 4.69) is 15.5 Å². The molecule has 1 aliphatic rings. The van der Waals surface area contributed by atoms with E-state index in [9.17, 15) is 18.0 Å². The second kappa shape index (κ2) is 8.68. The van der Waals surface area contributed by atoms with Gasteiger partial charge in [-0.2, -0.15) is 13.2 Å². The molecule has 0 saturated heterocycles. The number of amides is 1. The van der Waals surface area contributed by atoms with Crippen molar-refractivity contribution < 1.29 is 18.0 Å². The number of benzene rings is 1. The summed E-state index contributed by atoms with van der Waals surface area (Å²) >= 11 is 4.13. The molecule has 10 heteroatoms. The maximum absolute atomic E-state index is 13.1. The lowest BCUT2D eigenvalue weighted by Gasteiger charge is -2.25. The first kappa shape index (κ1) is 21.3. The Hall–Kier alpha value is -1.91. The minimum Gasteiger partial charge on any atom is -0.300 e. The van der Waals surface area contributed by atoms with Crippen LogP contribution in [0.1, 0.15) is 41.7 Å². The molecule has 1 aromatic carbocycles. The zero-order valence-electron chi connectivity index (χ0n) is 15.7. The molecule has 4 nitrogen and oxygen atoms in total. The highest BCUT2D eigenvalue weighted by Crippen LogP contribution is 2.44. The van der Waals surface area contributed by atoms with Gasteiger partial charge in [-0.15, -0.1) is 21.5 Å². The van der Waals surface area contributed by atoms with E-state index < -0.39 is 17.2 Å². The lowest BCUT2D eigenvalue weighted by molar-refractivity contribution is -0.137. The smallest absolute Gasteiger partial charge is 0.300 e. The van der Waals surface area contributed by atoms with Crippen LogP contribution in [0.5, 0.6) is 0 Å². The second-order valence-corrected chi connectivity index (χ2v) is 10.2. The molecule has 30 heavy (non-hydrogen) atoms. The predicted molar refractivity (Wildman–Crippen MR) is 114 cm³/mol. The minimum atomic E-state index is -4.36. The molecule has 2 aromatic heterocycles. The molecule has 3 aromatic rings. The van der Waals surface area contributed by atoms with Crippen molar-refractivity contribution in [1.29, 1.82) is 0 Å². The van der Waals surface area contributed by atoms with Crippen LogP contribution in [0.15, 0.2) is 46.1 Å². The van der Waals surface area contributed by atoms with Crippen molar-refractivity contribution in [3.8, 4) is 0 Å². The molecule has 0 aliphatic heterocycles. The summed E-state index contributed by atoms with van der Waals surface area (Å²) in [5.41, 5.74) is -0.620. The predicted octanol–water partition coefficient (Wildman–Crippen LogP) is 6.36. The Morgan fingerprint density at radius 1 is 1.17 bits per heavy atom. The number of rotatable bonds is 6. The first-order chi connectivity index (χ1) is 14.4. The normalized spacial score (nSPS) is 16.0. The fourth-order valence-electron chi connectivity index (χ4n) is 3.63. The average Bonchev–Trinajstić information content (AvgIpc) is 3.47. The van der Waals surface area contributed by atoms with E-state index >= 15 is 0 Å². The summed E-state index contributed by atoms with van der Waals surface area (Å²) in [5, 5.41) is 13.4. The van der Waals surface area contributed by atoms with Gasteiger partial charge in [0.25, 0.3) is 0 Å². The van der Waals surface area contributed by atoms with Crippen LogP contribution in [0.25, 0.3) is 0 Å². The third-order valence-electron chi connectivity index (χ3n) is 5.13. The Morgan fingerprint density at radius 3 is 2.67 bits per heavy atom. The summed E-state index contributed by atoms with van der Waals surface area (Å²) in [6, 6.07) is 9.21. The van der Waals surface area contributed by atoms with Gasteiger partial charge < -0.3 is 0 Å². The molecule has 2 heterocycles. The van der Waals surface area contributed by atoms with E-state index in [0.29, 0.717) is 20.8 Å². The molecule has 4 rings (SSSR count). The molecule has 1 amide bonds. The van der Waals surface area contributed by atoms with Crippen LogP contribution in [0.3, 0.4) is 0 Å². The molecule has 0 radical (unpaired) electrons. The number of aromatic nitrogens is 2. The van der Waals surface area contributed by atoms with E-state index in [1.54, 1.807) is 17.4 Å². The molecular formula is C20H18F3N3OS3. The fraction of sp³-hybridized carbons (Fsp3) is 0.350. The Bertz CT molecular complexity index is 1010. The van der Waals surface area contributed by atoms with E-state index in [0.717, 1.165) is 42.7 Å². The number of hydrogen-bond acceptors (Lipinski definition) is 6. The summed E-state index contributed by atoms with van der Waals surface area (Å²) in [6.07, 6.45) is -0.705. The second-order valence-electron chi connectivity index (χ2n) is 7.08. The number of alkyl halides is 3. The minimum absolute atomic E-state index is 0.0620. The zero-order valence-corrected chi connectivity index (χ0v) is 18.2. The number of thiophene rings is 1. The van der Waals surface area contributed by atoms with Crippen LogP contribution in [0, 0.1) is 0 Å². The highest BCUT2D eigenvalue weighted by Gasteiger charge is 2.43. The fourth-order valence-corrected chi connectivity index (χ4v) is 6.31. The van der Waals surface area contributed by atoms with Gasteiger partial charge in [-0.1, -0.05) is 60.2 Å². The third-order valence-corrected chi connectivity index (χ3v) is 8.25. The number of thioether (sulfide) groups is 1. The van der Waals surface area contributed by atoms with Gasteiger partial charge in [0.15, 0.2) is 4.34 Å². The number of anilines is 1. The van der Waals surface area contributed by atoms with Crippen LogP contribution >= 0.6 is 34.4 Å². The maximum Gasteiger partial charge on any atom is 0.416 e. The standard InChI is InChI=1S/C20H18F3N3OS3/c21-20(22,23)14-6-3-5-13(11-14)12-29-18-26-25-17(30-18)24-16(27)19(8-1-2-9-19)15-7-4-10-28-15/h3-7,10-11H,1-2,8-9,12H2,(H,24,25,27). The van der Waals surface area contributed by atoms with Gasteiger partial charge in [-0.25, -0.2) is 0 Å². The maximum atomic E-state index is 13.1. The number of carbonyl (C=O) groups is 1. The molecule has 0 bridgehead atoms. The van der Waals surface area contributed by atoms with E-state index in [1.807, 2.05) is 17.5 Å². The summed E-state index contributed by atoms with van der Waals surface area (Å²) in [7, 11) is 0. The largest absolute Gasteiger partial charge is 0.416 e. The monoisotopic (exact) mass is 469 g/mol. The van der Waals surface area contributed by atoms with Crippen LogP contribution in [0.2, 0.25) is 0 Å². The van der Waals surface area contributed by atoms with Crippen molar-refractivity contribution in [2.24, 2.45) is 0 Å². The zero-order chi connectivity index (χ0) is 21.2. The van der Waals surface area contributed by atoms with E-state index in [1.165, 1.54) is 29.2 Å². The van der Waals surface area contributed by atoms with Gasteiger partial charge in [0.2, 0.25) is 11.0 Å². The highest BCUT2D eigenvalue weighted by atomic mass is 32.2. The Labute approximate surface area is 183 Å². The molecule has 1 fully saturated rings. The van der Waals surface area contributed by atoms with Crippen molar-refractivity contribution in [3.05, 3.63) is 57.8 Å². The van der Waals surface area contributed by atoms with Gasteiger partial charge in [0.1, 0.15) is 0 Å².